The fourth-order valence-electron chi connectivity index (χ4n) is 3.00. The van der Waals surface area contributed by atoms with E-state index in [-0.39, 0.29) is 0 Å². The molecule has 0 saturated carbocycles. The van der Waals surface area contributed by atoms with Gasteiger partial charge in [-0.3, -0.25) is 0 Å². The summed E-state index contributed by atoms with van der Waals surface area (Å²) in [6, 6.07) is 6.86. The lowest BCUT2D eigenvalue weighted by Gasteiger charge is -2.32. The first-order valence-corrected chi connectivity index (χ1v) is 7.72. The molecule has 3 heteroatoms. The Labute approximate surface area is 122 Å². The highest BCUT2D eigenvalue weighted by Gasteiger charge is 2.26. The number of aryl methyl sites for hydroxylation is 1. The summed E-state index contributed by atoms with van der Waals surface area (Å²) in [6.07, 6.45) is 3.45. The van der Waals surface area contributed by atoms with Crippen LogP contribution < -0.4 is 10.1 Å². The van der Waals surface area contributed by atoms with E-state index < -0.39 is 0 Å². The van der Waals surface area contributed by atoms with Crippen molar-refractivity contribution in [1.82, 2.24) is 5.32 Å². The molecule has 1 saturated heterocycles. The minimum atomic E-state index is 0.435. The van der Waals surface area contributed by atoms with Gasteiger partial charge >= 0.3 is 0 Å². The summed E-state index contributed by atoms with van der Waals surface area (Å²) in [7, 11) is 1.72. The van der Waals surface area contributed by atoms with Gasteiger partial charge in [0.1, 0.15) is 5.75 Å². The Morgan fingerprint density at radius 2 is 2.10 bits per heavy atom. The monoisotopic (exact) mass is 277 g/mol. The smallest absolute Gasteiger partial charge is 0.119 e. The molecule has 1 aromatic rings. The molecule has 1 fully saturated rings. The van der Waals surface area contributed by atoms with E-state index in [4.69, 9.17) is 9.47 Å². The first kappa shape index (κ1) is 15.3. The molecule has 1 aromatic carbocycles. The second-order valence-electron chi connectivity index (χ2n) is 5.60. The molecule has 0 aliphatic carbocycles. The fraction of sp³-hybridized carbons (Fsp3) is 0.647. The number of hydrogen-bond donors (Lipinski definition) is 1. The quantitative estimate of drug-likeness (QED) is 0.863. The maximum Gasteiger partial charge on any atom is 0.119 e. The predicted octanol–water partition coefficient (Wildman–Crippen LogP) is 3.47. The van der Waals surface area contributed by atoms with Crippen molar-refractivity contribution in [3.63, 3.8) is 0 Å². The number of hydrogen-bond acceptors (Lipinski definition) is 3. The van der Waals surface area contributed by atoms with Crippen molar-refractivity contribution in [2.45, 2.75) is 39.2 Å². The van der Waals surface area contributed by atoms with Crippen LogP contribution in [0.3, 0.4) is 0 Å². The van der Waals surface area contributed by atoms with Gasteiger partial charge in [0.2, 0.25) is 0 Å². The average Bonchev–Trinajstić information content (AvgIpc) is 2.50. The summed E-state index contributed by atoms with van der Waals surface area (Å²) in [5, 5.41) is 3.74. The fourth-order valence-corrected chi connectivity index (χ4v) is 3.00. The summed E-state index contributed by atoms with van der Waals surface area (Å²) < 4.78 is 10.8. The summed E-state index contributed by atoms with van der Waals surface area (Å²) in [6.45, 7) is 7.24. The Morgan fingerprint density at radius 3 is 2.70 bits per heavy atom. The van der Waals surface area contributed by atoms with Crippen LogP contribution in [0.1, 0.15) is 43.4 Å². The standard InChI is InChI=1S/C17H27NO2/c1-4-9-18-17(14-7-10-20-11-8-14)16-6-5-15(19-3)12-13(16)2/h5-6,12,14,17-18H,4,7-11H2,1-3H3. The van der Waals surface area contributed by atoms with Crippen molar-refractivity contribution in [3.05, 3.63) is 29.3 Å². The number of nitrogens with one attached hydrogen (secondary N) is 1. The second-order valence-corrected chi connectivity index (χ2v) is 5.60. The van der Waals surface area contributed by atoms with Crippen LogP contribution in [0.4, 0.5) is 0 Å². The molecule has 112 valence electrons. The minimum absolute atomic E-state index is 0.435. The zero-order valence-corrected chi connectivity index (χ0v) is 12.9. The van der Waals surface area contributed by atoms with Crippen molar-refractivity contribution in [3.8, 4) is 5.75 Å². The van der Waals surface area contributed by atoms with Crippen LogP contribution in [0, 0.1) is 12.8 Å². The molecule has 1 heterocycles. The Hall–Kier alpha value is -1.06. The third-order valence-electron chi connectivity index (χ3n) is 4.16. The van der Waals surface area contributed by atoms with Gasteiger partial charge in [-0.2, -0.15) is 0 Å². The minimum Gasteiger partial charge on any atom is -0.497 e. The molecule has 1 unspecified atom stereocenters. The molecule has 0 amide bonds. The van der Waals surface area contributed by atoms with Crippen molar-refractivity contribution >= 4 is 0 Å². The van der Waals surface area contributed by atoms with Crippen LogP contribution in [-0.2, 0) is 4.74 Å². The Balaban J connectivity index is 2.20. The molecule has 0 bridgehead atoms. The Bertz CT molecular complexity index is 413. The SMILES string of the molecule is CCCNC(c1ccc(OC)cc1C)C1CCOCC1. The Kier molecular flexibility index (Phi) is 5.86. The van der Waals surface area contributed by atoms with Gasteiger partial charge in [-0.25, -0.2) is 0 Å². The van der Waals surface area contributed by atoms with Crippen LogP contribution >= 0.6 is 0 Å². The van der Waals surface area contributed by atoms with Crippen molar-refractivity contribution in [1.29, 1.82) is 0 Å². The van der Waals surface area contributed by atoms with E-state index in [0.717, 1.165) is 44.8 Å². The largest absolute Gasteiger partial charge is 0.497 e. The van der Waals surface area contributed by atoms with Gasteiger partial charge in [-0.1, -0.05) is 13.0 Å². The summed E-state index contributed by atoms with van der Waals surface area (Å²) >= 11 is 0. The molecule has 1 aliphatic heterocycles. The molecule has 1 aliphatic rings. The number of rotatable bonds is 6. The van der Waals surface area contributed by atoms with Crippen LogP contribution in [0.25, 0.3) is 0 Å². The third-order valence-corrected chi connectivity index (χ3v) is 4.16. The molecular weight excluding hydrogens is 250 g/mol. The maximum absolute atomic E-state index is 5.51. The maximum atomic E-state index is 5.51. The first-order valence-electron chi connectivity index (χ1n) is 7.72. The number of ether oxygens (including phenoxy) is 2. The van der Waals surface area contributed by atoms with Crippen LogP contribution in [0.2, 0.25) is 0 Å². The molecule has 1 atom stereocenters. The van der Waals surface area contributed by atoms with E-state index in [9.17, 15) is 0 Å². The van der Waals surface area contributed by atoms with E-state index in [1.165, 1.54) is 11.1 Å². The van der Waals surface area contributed by atoms with E-state index in [0.29, 0.717) is 12.0 Å². The number of methoxy groups -OCH3 is 1. The van der Waals surface area contributed by atoms with Gasteiger partial charge < -0.3 is 14.8 Å². The van der Waals surface area contributed by atoms with Gasteiger partial charge in [0, 0.05) is 19.3 Å². The average molecular weight is 277 g/mol. The van der Waals surface area contributed by atoms with Crippen molar-refractivity contribution in [2.75, 3.05) is 26.9 Å². The highest BCUT2D eigenvalue weighted by atomic mass is 16.5. The lowest BCUT2D eigenvalue weighted by molar-refractivity contribution is 0.0535. The Morgan fingerprint density at radius 1 is 1.35 bits per heavy atom. The van der Waals surface area contributed by atoms with Gasteiger partial charge in [0.05, 0.1) is 7.11 Å². The van der Waals surface area contributed by atoms with E-state index in [2.05, 4.69) is 37.4 Å². The number of benzene rings is 1. The molecule has 2 rings (SSSR count). The molecule has 0 aromatic heterocycles. The molecule has 0 radical (unpaired) electrons. The molecule has 1 N–H and O–H groups in total. The lowest BCUT2D eigenvalue weighted by Crippen LogP contribution is -2.33. The highest BCUT2D eigenvalue weighted by molar-refractivity contribution is 5.37. The summed E-state index contributed by atoms with van der Waals surface area (Å²) in [5.74, 6) is 1.61. The van der Waals surface area contributed by atoms with Gasteiger partial charge in [0.15, 0.2) is 0 Å². The van der Waals surface area contributed by atoms with Crippen LogP contribution in [0.15, 0.2) is 18.2 Å². The topological polar surface area (TPSA) is 30.5 Å². The van der Waals surface area contributed by atoms with E-state index in [1.807, 2.05) is 0 Å². The predicted molar refractivity (Wildman–Crippen MR) is 82.3 cm³/mol. The summed E-state index contributed by atoms with van der Waals surface area (Å²) in [5.41, 5.74) is 2.72. The highest BCUT2D eigenvalue weighted by Crippen LogP contribution is 2.33. The van der Waals surface area contributed by atoms with Gasteiger partial charge in [-0.15, -0.1) is 0 Å². The van der Waals surface area contributed by atoms with Crippen LogP contribution in [0.5, 0.6) is 5.75 Å². The van der Waals surface area contributed by atoms with Crippen LogP contribution in [-0.4, -0.2) is 26.9 Å². The van der Waals surface area contributed by atoms with E-state index >= 15 is 0 Å². The van der Waals surface area contributed by atoms with Crippen molar-refractivity contribution in [2.24, 2.45) is 5.92 Å². The molecular formula is C17H27NO2. The summed E-state index contributed by atoms with van der Waals surface area (Å²) in [4.78, 5) is 0. The van der Waals surface area contributed by atoms with Crippen molar-refractivity contribution < 1.29 is 9.47 Å². The van der Waals surface area contributed by atoms with Gasteiger partial charge in [0.25, 0.3) is 0 Å². The zero-order chi connectivity index (χ0) is 14.4. The van der Waals surface area contributed by atoms with Gasteiger partial charge in [-0.05, 0) is 61.9 Å². The normalized spacial score (nSPS) is 17.9. The molecule has 3 nitrogen and oxygen atoms in total. The molecule has 0 spiro atoms. The first-order chi connectivity index (χ1) is 9.76. The zero-order valence-electron chi connectivity index (χ0n) is 12.9. The third kappa shape index (κ3) is 3.74. The van der Waals surface area contributed by atoms with E-state index in [1.54, 1.807) is 7.11 Å². The lowest BCUT2D eigenvalue weighted by atomic mass is 9.85. The molecule has 20 heavy (non-hydrogen) atoms. The second kappa shape index (κ2) is 7.65.